The van der Waals surface area contributed by atoms with E-state index in [1.807, 2.05) is 24.3 Å². The summed E-state index contributed by atoms with van der Waals surface area (Å²) in [5.41, 5.74) is 0.950. The molecule has 0 saturated heterocycles. The number of nitrogens with zero attached hydrogens (tertiary/aromatic N) is 2. The van der Waals surface area contributed by atoms with E-state index >= 15 is 0 Å². The molecule has 0 bridgehead atoms. The third kappa shape index (κ3) is 1.53. The standard InChI is InChI=1S/C12H8N2.ClH/c1-2-4-10-9(3-1)5-6-12-11(10)7-8-13-14-12;/h1-8H;1H. The summed E-state index contributed by atoms with van der Waals surface area (Å²) in [7, 11) is 0. The van der Waals surface area contributed by atoms with E-state index in [1.165, 1.54) is 10.8 Å². The maximum Gasteiger partial charge on any atom is 0.0936 e. The molecule has 3 heteroatoms. The van der Waals surface area contributed by atoms with Gasteiger partial charge >= 0.3 is 0 Å². The van der Waals surface area contributed by atoms with Gasteiger partial charge in [0, 0.05) is 5.39 Å². The van der Waals surface area contributed by atoms with Crippen molar-refractivity contribution < 1.29 is 0 Å². The molecule has 1 heterocycles. The highest BCUT2D eigenvalue weighted by Gasteiger charge is 1.98. The molecule has 3 rings (SSSR count). The third-order valence-electron chi connectivity index (χ3n) is 2.42. The minimum Gasteiger partial charge on any atom is -0.159 e. The molecule has 0 N–H and O–H groups in total. The first kappa shape index (κ1) is 9.87. The maximum atomic E-state index is 4.08. The zero-order chi connectivity index (χ0) is 9.38. The Bertz CT molecular complexity index is 553. The van der Waals surface area contributed by atoms with Gasteiger partial charge in [-0.3, -0.25) is 0 Å². The van der Waals surface area contributed by atoms with Crippen LogP contribution in [-0.2, 0) is 0 Å². The van der Waals surface area contributed by atoms with Gasteiger partial charge in [-0.25, -0.2) is 0 Å². The quantitative estimate of drug-likeness (QED) is 0.540. The van der Waals surface area contributed by atoms with Crippen LogP contribution in [0, 0.1) is 0 Å². The molecule has 74 valence electrons. The lowest BCUT2D eigenvalue weighted by atomic mass is 10.1. The zero-order valence-corrected chi connectivity index (χ0v) is 8.74. The first-order valence-electron chi connectivity index (χ1n) is 4.54. The third-order valence-corrected chi connectivity index (χ3v) is 2.42. The van der Waals surface area contributed by atoms with Crippen LogP contribution in [0.25, 0.3) is 21.7 Å². The minimum atomic E-state index is 0. The van der Waals surface area contributed by atoms with Crippen molar-refractivity contribution >= 4 is 34.1 Å². The van der Waals surface area contributed by atoms with Crippen molar-refractivity contribution in [2.24, 2.45) is 0 Å². The second kappa shape index (κ2) is 3.83. The van der Waals surface area contributed by atoms with Crippen LogP contribution in [0.1, 0.15) is 0 Å². The van der Waals surface area contributed by atoms with Crippen LogP contribution in [0.5, 0.6) is 0 Å². The van der Waals surface area contributed by atoms with Crippen molar-refractivity contribution in [2.45, 2.75) is 0 Å². The van der Waals surface area contributed by atoms with Crippen LogP contribution < -0.4 is 0 Å². The molecule has 0 atom stereocenters. The topological polar surface area (TPSA) is 25.8 Å². The molecule has 0 aliphatic heterocycles. The molecular formula is C12H9ClN2. The molecule has 0 unspecified atom stereocenters. The molecule has 15 heavy (non-hydrogen) atoms. The largest absolute Gasteiger partial charge is 0.159 e. The van der Waals surface area contributed by atoms with E-state index in [9.17, 15) is 0 Å². The lowest BCUT2D eigenvalue weighted by Gasteiger charge is -2.00. The summed E-state index contributed by atoms with van der Waals surface area (Å²) >= 11 is 0. The Hall–Kier alpha value is -1.67. The fraction of sp³-hybridized carbons (Fsp3) is 0. The molecule has 3 aromatic rings. The van der Waals surface area contributed by atoms with Gasteiger partial charge in [0.2, 0.25) is 0 Å². The number of rotatable bonds is 0. The first-order chi connectivity index (χ1) is 6.95. The normalized spacial score (nSPS) is 10.1. The van der Waals surface area contributed by atoms with Gasteiger partial charge in [0.05, 0.1) is 11.7 Å². The second-order valence-electron chi connectivity index (χ2n) is 3.25. The predicted molar refractivity (Wildman–Crippen MR) is 64.3 cm³/mol. The highest BCUT2D eigenvalue weighted by Crippen LogP contribution is 2.22. The average molecular weight is 217 g/mol. The van der Waals surface area contributed by atoms with Gasteiger partial charge in [0.15, 0.2) is 0 Å². The first-order valence-corrected chi connectivity index (χ1v) is 4.54. The molecule has 0 spiro atoms. The van der Waals surface area contributed by atoms with E-state index in [0.29, 0.717) is 0 Å². The lowest BCUT2D eigenvalue weighted by Crippen LogP contribution is -1.83. The summed E-state index contributed by atoms with van der Waals surface area (Å²) in [6.45, 7) is 0. The Labute approximate surface area is 93.4 Å². The van der Waals surface area contributed by atoms with Gasteiger partial charge in [-0.1, -0.05) is 30.3 Å². The number of hydrogen-bond donors (Lipinski definition) is 0. The van der Waals surface area contributed by atoms with Crippen molar-refractivity contribution in [1.82, 2.24) is 10.2 Å². The zero-order valence-electron chi connectivity index (χ0n) is 7.92. The van der Waals surface area contributed by atoms with E-state index in [2.05, 4.69) is 28.4 Å². The predicted octanol–water partition coefficient (Wildman–Crippen LogP) is 3.20. The van der Waals surface area contributed by atoms with Gasteiger partial charge in [-0.05, 0) is 22.9 Å². The molecule has 0 radical (unpaired) electrons. The van der Waals surface area contributed by atoms with E-state index in [4.69, 9.17) is 0 Å². The number of benzene rings is 2. The van der Waals surface area contributed by atoms with Crippen LogP contribution in [-0.4, -0.2) is 10.2 Å². The smallest absolute Gasteiger partial charge is 0.0936 e. The molecule has 0 saturated carbocycles. The molecule has 0 fully saturated rings. The van der Waals surface area contributed by atoms with E-state index in [-0.39, 0.29) is 12.4 Å². The van der Waals surface area contributed by atoms with Gasteiger partial charge in [-0.2, -0.15) is 10.2 Å². The number of fused-ring (bicyclic) bond motifs is 3. The van der Waals surface area contributed by atoms with Crippen LogP contribution >= 0.6 is 12.4 Å². The monoisotopic (exact) mass is 216 g/mol. The maximum absolute atomic E-state index is 4.08. The Morgan fingerprint density at radius 3 is 2.60 bits per heavy atom. The summed E-state index contributed by atoms with van der Waals surface area (Å²) in [4.78, 5) is 0. The fourth-order valence-electron chi connectivity index (χ4n) is 1.75. The highest BCUT2D eigenvalue weighted by molar-refractivity contribution is 6.05. The van der Waals surface area contributed by atoms with Crippen molar-refractivity contribution in [3.8, 4) is 0 Å². The summed E-state index contributed by atoms with van der Waals surface area (Å²) in [6.07, 6.45) is 1.73. The Morgan fingerprint density at radius 2 is 1.67 bits per heavy atom. The Kier molecular flexibility index (Phi) is 2.52. The van der Waals surface area contributed by atoms with Crippen molar-refractivity contribution in [3.05, 3.63) is 48.7 Å². The number of halogens is 1. The number of hydrogen-bond acceptors (Lipinski definition) is 2. The van der Waals surface area contributed by atoms with Crippen LogP contribution in [0.3, 0.4) is 0 Å². The van der Waals surface area contributed by atoms with Crippen molar-refractivity contribution in [1.29, 1.82) is 0 Å². The summed E-state index contributed by atoms with van der Waals surface area (Å²) in [5.74, 6) is 0. The second-order valence-corrected chi connectivity index (χ2v) is 3.25. The SMILES string of the molecule is Cl.c1ccc2c(c1)ccc1nnccc12. The molecule has 0 aliphatic rings. The summed E-state index contributed by atoms with van der Waals surface area (Å²) < 4.78 is 0. The Morgan fingerprint density at radius 1 is 0.800 bits per heavy atom. The van der Waals surface area contributed by atoms with Crippen LogP contribution in [0.2, 0.25) is 0 Å². The summed E-state index contributed by atoms with van der Waals surface area (Å²) in [6, 6.07) is 14.4. The average Bonchev–Trinajstić information content (AvgIpc) is 2.29. The fourth-order valence-corrected chi connectivity index (χ4v) is 1.75. The van der Waals surface area contributed by atoms with Crippen LogP contribution in [0.4, 0.5) is 0 Å². The van der Waals surface area contributed by atoms with E-state index in [1.54, 1.807) is 6.20 Å². The molecule has 2 aromatic carbocycles. The van der Waals surface area contributed by atoms with Gasteiger partial charge in [0.1, 0.15) is 0 Å². The van der Waals surface area contributed by atoms with Crippen molar-refractivity contribution in [3.63, 3.8) is 0 Å². The highest BCUT2D eigenvalue weighted by atomic mass is 35.5. The van der Waals surface area contributed by atoms with Crippen molar-refractivity contribution in [2.75, 3.05) is 0 Å². The van der Waals surface area contributed by atoms with Gasteiger partial charge in [0.25, 0.3) is 0 Å². The van der Waals surface area contributed by atoms with Gasteiger partial charge < -0.3 is 0 Å². The molecule has 2 nitrogen and oxygen atoms in total. The van der Waals surface area contributed by atoms with E-state index < -0.39 is 0 Å². The Balaban J connectivity index is 0.000000853. The lowest BCUT2D eigenvalue weighted by molar-refractivity contribution is 1.08. The minimum absolute atomic E-state index is 0. The molecule has 1 aromatic heterocycles. The summed E-state index contributed by atoms with van der Waals surface area (Å²) in [5, 5.41) is 11.6. The molecule has 0 aliphatic carbocycles. The number of aromatic nitrogens is 2. The van der Waals surface area contributed by atoms with Gasteiger partial charge in [-0.15, -0.1) is 12.4 Å². The van der Waals surface area contributed by atoms with Crippen LogP contribution in [0.15, 0.2) is 48.7 Å². The molecule has 0 amide bonds. The van der Waals surface area contributed by atoms with E-state index in [0.717, 1.165) is 10.9 Å². The molecular weight excluding hydrogens is 208 g/mol.